The third-order valence-electron chi connectivity index (χ3n) is 7.05. The summed E-state index contributed by atoms with van der Waals surface area (Å²) in [5.74, 6) is 1.69. The number of rotatable bonds is 10. The van der Waals surface area contributed by atoms with Gasteiger partial charge >= 0.3 is 0 Å². The Morgan fingerprint density at radius 1 is 1.03 bits per heavy atom. The number of benzene rings is 1. The summed E-state index contributed by atoms with van der Waals surface area (Å²) >= 11 is 0. The van der Waals surface area contributed by atoms with Crippen LogP contribution in [0.15, 0.2) is 30.6 Å². The summed E-state index contributed by atoms with van der Waals surface area (Å²) in [4.78, 5) is 13.5. The van der Waals surface area contributed by atoms with Crippen LogP contribution in [0.1, 0.15) is 42.9 Å². The Morgan fingerprint density at radius 2 is 1.72 bits per heavy atom. The zero-order valence-corrected chi connectivity index (χ0v) is 22.3. The standard InChI is InChI=1S/C26H39N5O4S/c1-3-21-18-27-26(28-19-21)30-10-8-24(9-11-30)35-25-7-6-22(17-23(25)5-4-16-32)20-29-12-14-31(15-13-29)36(2,33)34/h6-7,17-19,24,32H,3-5,8-16,20H2,1-2H3. The van der Waals surface area contributed by atoms with Gasteiger partial charge in [0.1, 0.15) is 11.9 Å². The number of aromatic nitrogens is 2. The molecule has 10 heteroatoms. The second kappa shape index (κ2) is 12.3. The van der Waals surface area contributed by atoms with E-state index in [2.05, 4.69) is 44.9 Å². The van der Waals surface area contributed by atoms with Crippen LogP contribution in [0, 0.1) is 0 Å². The van der Waals surface area contributed by atoms with Gasteiger partial charge in [-0.1, -0.05) is 19.1 Å². The number of sulfonamides is 1. The van der Waals surface area contributed by atoms with Gasteiger partial charge in [-0.3, -0.25) is 4.90 Å². The minimum absolute atomic E-state index is 0.138. The van der Waals surface area contributed by atoms with Gasteiger partial charge in [-0.2, -0.15) is 4.31 Å². The second-order valence-corrected chi connectivity index (χ2v) is 11.7. The largest absolute Gasteiger partial charge is 0.490 e. The van der Waals surface area contributed by atoms with E-state index in [0.29, 0.717) is 19.5 Å². The van der Waals surface area contributed by atoms with Gasteiger partial charge in [0.2, 0.25) is 16.0 Å². The predicted octanol–water partition coefficient (Wildman–Crippen LogP) is 2.09. The van der Waals surface area contributed by atoms with E-state index in [9.17, 15) is 13.5 Å². The molecule has 2 saturated heterocycles. The maximum atomic E-state index is 11.8. The molecule has 0 unspecified atom stereocenters. The van der Waals surface area contributed by atoms with Crippen LogP contribution in [-0.4, -0.2) is 90.9 Å². The van der Waals surface area contributed by atoms with Gasteiger partial charge in [-0.05, 0) is 42.0 Å². The van der Waals surface area contributed by atoms with Gasteiger partial charge in [0.05, 0.1) is 6.26 Å². The van der Waals surface area contributed by atoms with Gasteiger partial charge < -0.3 is 14.7 Å². The number of piperidine rings is 1. The van der Waals surface area contributed by atoms with Crippen molar-refractivity contribution in [2.75, 3.05) is 57.0 Å². The van der Waals surface area contributed by atoms with Crippen molar-refractivity contribution in [1.82, 2.24) is 19.2 Å². The fourth-order valence-electron chi connectivity index (χ4n) is 4.84. The SMILES string of the molecule is CCc1cnc(N2CCC(Oc3ccc(CN4CCN(S(C)(=O)=O)CC4)cc3CCCO)CC2)nc1. The summed E-state index contributed by atoms with van der Waals surface area (Å²) in [6.45, 7) is 7.25. The average Bonchev–Trinajstić information content (AvgIpc) is 2.89. The first-order valence-electron chi connectivity index (χ1n) is 13.0. The molecule has 0 spiro atoms. The van der Waals surface area contributed by atoms with Crippen LogP contribution in [0.25, 0.3) is 0 Å². The highest BCUT2D eigenvalue weighted by molar-refractivity contribution is 7.88. The fourth-order valence-corrected chi connectivity index (χ4v) is 5.66. The molecule has 1 aromatic heterocycles. The molecule has 0 radical (unpaired) electrons. The van der Waals surface area contributed by atoms with Crippen LogP contribution in [0.3, 0.4) is 0 Å². The number of nitrogens with zero attached hydrogens (tertiary/aromatic N) is 5. The maximum Gasteiger partial charge on any atom is 0.225 e. The van der Waals surface area contributed by atoms with Gasteiger partial charge in [0.15, 0.2) is 0 Å². The van der Waals surface area contributed by atoms with Crippen molar-refractivity contribution in [3.63, 3.8) is 0 Å². The number of aryl methyl sites for hydroxylation is 2. The number of piperazine rings is 1. The lowest BCUT2D eigenvalue weighted by atomic mass is 10.0. The van der Waals surface area contributed by atoms with Crippen molar-refractivity contribution < 1.29 is 18.3 Å². The molecule has 3 heterocycles. The molecule has 9 nitrogen and oxygen atoms in total. The van der Waals surface area contributed by atoms with Crippen molar-refractivity contribution >= 4 is 16.0 Å². The van der Waals surface area contributed by atoms with Gasteiger partial charge in [0.25, 0.3) is 0 Å². The lowest BCUT2D eigenvalue weighted by Gasteiger charge is -2.33. The Morgan fingerprint density at radius 3 is 2.33 bits per heavy atom. The van der Waals surface area contributed by atoms with E-state index < -0.39 is 10.0 Å². The molecule has 198 valence electrons. The van der Waals surface area contributed by atoms with Gasteiger partial charge in [-0.15, -0.1) is 0 Å². The Hall–Kier alpha value is -2.27. The minimum Gasteiger partial charge on any atom is -0.490 e. The lowest BCUT2D eigenvalue weighted by Crippen LogP contribution is -2.47. The molecule has 0 aliphatic carbocycles. The van der Waals surface area contributed by atoms with Crippen LogP contribution in [0.2, 0.25) is 0 Å². The van der Waals surface area contributed by atoms with Crippen molar-refractivity contribution in [1.29, 1.82) is 0 Å². The number of ether oxygens (including phenoxy) is 1. The van der Waals surface area contributed by atoms with Crippen LogP contribution in [0.4, 0.5) is 5.95 Å². The molecule has 0 atom stereocenters. The molecule has 1 aromatic carbocycles. The molecule has 2 aliphatic rings. The number of hydrogen-bond donors (Lipinski definition) is 1. The van der Waals surface area contributed by atoms with Crippen molar-refractivity contribution in [3.8, 4) is 5.75 Å². The zero-order chi connectivity index (χ0) is 25.5. The zero-order valence-electron chi connectivity index (χ0n) is 21.5. The third-order valence-corrected chi connectivity index (χ3v) is 8.36. The Labute approximate surface area is 215 Å². The number of aliphatic hydroxyl groups is 1. The molecule has 2 aliphatic heterocycles. The topological polar surface area (TPSA) is 99.1 Å². The lowest BCUT2D eigenvalue weighted by molar-refractivity contribution is 0.168. The smallest absolute Gasteiger partial charge is 0.225 e. The molecule has 0 saturated carbocycles. The maximum absolute atomic E-state index is 11.8. The van der Waals surface area contributed by atoms with E-state index in [-0.39, 0.29) is 12.7 Å². The quantitative estimate of drug-likeness (QED) is 0.512. The first-order chi connectivity index (χ1) is 17.4. The highest BCUT2D eigenvalue weighted by Crippen LogP contribution is 2.27. The van der Waals surface area contributed by atoms with Crippen LogP contribution >= 0.6 is 0 Å². The van der Waals surface area contributed by atoms with Crippen LogP contribution in [0.5, 0.6) is 5.75 Å². The Kier molecular flexibility index (Phi) is 9.16. The van der Waals surface area contributed by atoms with E-state index in [4.69, 9.17) is 4.74 Å². The van der Waals surface area contributed by atoms with E-state index in [1.165, 1.54) is 11.8 Å². The van der Waals surface area contributed by atoms with Crippen molar-refractivity contribution in [2.24, 2.45) is 0 Å². The first-order valence-corrected chi connectivity index (χ1v) is 14.8. The monoisotopic (exact) mass is 517 g/mol. The van der Waals surface area contributed by atoms with E-state index in [0.717, 1.165) is 81.2 Å². The highest BCUT2D eigenvalue weighted by atomic mass is 32.2. The van der Waals surface area contributed by atoms with Gasteiger partial charge in [-0.25, -0.2) is 18.4 Å². The Bertz CT molecular complexity index is 1080. The van der Waals surface area contributed by atoms with E-state index >= 15 is 0 Å². The van der Waals surface area contributed by atoms with Crippen LogP contribution in [-0.2, 0) is 29.4 Å². The third kappa shape index (κ3) is 7.15. The van der Waals surface area contributed by atoms with E-state index in [1.807, 2.05) is 12.4 Å². The summed E-state index contributed by atoms with van der Waals surface area (Å²) < 4.78 is 31.6. The Balaban J connectivity index is 1.34. The molecule has 2 fully saturated rings. The summed E-state index contributed by atoms with van der Waals surface area (Å²) in [5.41, 5.74) is 3.45. The molecule has 0 amide bonds. The highest BCUT2D eigenvalue weighted by Gasteiger charge is 2.25. The summed E-state index contributed by atoms with van der Waals surface area (Å²) in [6.07, 6.45) is 9.43. The molecular weight excluding hydrogens is 478 g/mol. The summed E-state index contributed by atoms with van der Waals surface area (Å²) in [7, 11) is -3.12. The van der Waals surface area contributed by atoms with Crippen LogP contribution < -0.4 is 9.64 Å². The number of hydrogen-bond acceptors (Lipinski definition) is 8. The number of aliphatic hydroxyl groups excluding tert-OH is 1. The predicted molar refractivity (Wildman–Crippen MR) is 141 cm³/mol. The summed E-state index contributed by atoms with van der Waals surface area (Å²) in [6, 6.07) is 6.36. The van der Waals surface area contributed by atoms with Crippen molar-refractivity contribution in [2.45, 2.75) is 51.7 Å². The molecular formula is C26H39N5O4S. The molecule has 2 aromatic rings. The van der Waals surface area contributed by atoms with E-state index in [1.54, 1.807) is 4.31 Å². The molecule has 4 rings (SSSR count). The minimum atomic E-state index is -3.12. The van der Waals surface area contributed by atoms with Gasteiger partial charge in [0, 0.05) is 77.7 Å². The molecule has 1 N–H and O–H groups in total. The normalized spacial score (nSPS) is 18.5. The molecule has 0 bridgehead atoms. The first kappa shape index (κ1) is 26.8. The molecule has 36 heavy (non-hydrogen) atoms. The van der Waals surface area contributed by atoms with Crippen molar-refractivity contribution in [3.05, 3.63) is 47.3 Å². The summed E-state index contributed by atoms with van der Waals surface area (Å²) in [5, 5.41) is 9.41. The second-order valence-electron chi connectivity index (χ2n) is 9.76. The number of anilines is 1. The average molecular weight is 518 g/mol. The fraction of sp³-hybridized carbons (Fsp3) is 0.615.